The van der Waals surface area contributed by atoms with E-state index in [0.717, 1.165) is 71.6 Å². The molecule has 94 heavy (non-hydrogen) atoms. The second-order valence-corrected chi connectivity index (χ2v) is 37.2. The number of nitrogens with one attached hydrogen (secondary N) is 3. The van der Waals surface area contributed by atoms with E-state index in [1.54, 1.807) is 7.11 Å². The molecule has 5 aliphatic rings. The SMILES string of the molecule is CNC(=O)CCC(=O)OC1C(O[Si](C)(C)C(C)(C)C)[C@H](c2cc(CNC(=O)CCCCCNC(=O)O[C@H]3CC[C@@]4(C)C(CCC5[C@@H]6CC[C@H]([C@H](C)CCCC(C)C)[C@@]6(C)CC[C@@]54I)C3)c(F)cc2F)O[C@@H]1COC(c1ccccc1)(c1ccccc1)c1ccc(OC)cc1. The van der Waals surface area contributed by atoms with Gasteiger partial charge >= 0.3 is 12.1 Å². The number of carbonyl (C=O) groups excluding carboxylic acids is 4. The summed E-state index contributed by atoms with van der Waals surface area (Å²) in [5, 5.41) is 7.99. The summed E-state index contributed by atoms with van der Waals surface area (Å²) in [5.74, 6) is 2.01. The number of alkyl carbamates (subject to hydrolysis) is 1. The summed E-state index contributed by atoms with van der Waals surface area (Å²) in [6, 6.07) is 29.1. The lowest BCUT2D eigenvalue weighted by atomic mass is 9.44. The van der Waals surface area contributed by atoms with Crippen LogP contribution in [0.2, 0.25) is 18.1 Å². The molecule has 1 saturated heterocycles. The molecule has 516 valence electrons. The van der Waals surface area contributed by atoms with E-state index in [0.29, 0.717) is 42.9 Å². The van der Waals surface area contributed by atoms with Crippen LogP contribution in [-0.4, -0.2) is 87.3 Å². The number of hydrogen-bond donors (Lipinski definition) is 3. The first-order valence-electron chi connectivity index (χ1n) is 35.2. The molecule has 4 aliphatic carbocycles. The number of alkyl halides is 1. The lowest BCUT2D eigenvalue weighted by Gasteiger charge is -2.66. The van der Waals surface area contributed by atoms with Crippen LogP contribution in [0.4, 0.5) is 13.6 Å². The predicted octanol–water partition coefficient (Wildman–Crippen LogP) is 17.2. The average molecular weight is 1430 g/mol. The molecule has 0 bridgehead atoms. The Kier molecular flexibility index (Phi) is 24.4. The number of hydrogen-bond acceptors (Lipinski definition) is 10. The molecule has 3 N–H and O–H groups in total. The molecule has 17 heteroatoms. The summed E-state index contributed by atoms with van der Waals surface area (Å²) in [6.07, 6.45) is 11.3. The maximum atomic E-state index is 16.8. The van der Waals surface area contributed by atoms with Crippen LogP contribution in [0.15, 0.2) is 97.1 Å². The van der Waals surface area contributed by atoms with Crippen molar-refractivity contribution < 1.29 is 56.1 Å². The molecule has 4 saturated carbocycles. The number of fused-ring (bicyclic) bond motifs is 5. The molecule has 13 nitrogen and oxygen atoms in total. The Bertz CT molecular complexity index is 3150. The maximum absolute atomic E-state index is 16.8. The molecule has 3 amide bonds. The quantitative estimate of drug-likeness (QED) is 0.0125. The highest BCUT2D eigenvalue weighted by Gasteiger charge is 2.67. The topological polar surface area (TPSA) is 160 Å². The van der Waals surface area contributed by atoms with E-state index >= 15 is 8.78 Å². The molecule has 1 aliphatic heterocycles. The predicted molar refractivity (Wildman–Crippen MR) is 376 cm³/mol. The second kappa shape index (κ2) is 31.3. The molecule has 1 heterocycles. The van der Waals surface area contributed by atoms with Gasteiger partial charge in [-0.2, -0.15) is 0 Å². The number of amides is 3. The molecule has 4 aromatic rings. The van der Waals surface area contributed by atoms with Gasteiger partial charge in [0.25, 0.3) is 0 Å². The molecule has 0 radical (unpaired) electrons. The van der Waals surface area contributed by atoms with Crippen LogP contribution in [0.25, 0.3) is 0 Å². The van der Waals surface area contributed by atoms with E-state index in [1.165, 1.54) is 70.9 Å². The number of rotatable bonds is 28. The largest absolute Gasteiger partial charge is 0.497 e. The third-order valence-corrected chi connectivity index (χ3v) is 30.5. The van der Waals surface area contributed by atoms with Gasteiger partial charge in [-0.15, -0.1) is 0 Å². The third-order valence-electron chi connectivity index (χ3n) is 23.5. The minimum Gasteiger partial charge on any atom is -0.497 e. The second-order valence-electron chi connectivity index (χ2n) is 30.6. The van der Waals surface area contributed by atoms with Crippen molar-refractivity contribution in [3.05, 3.63) is 137 Å². The number of halogens is 3. The fourth-order valence-corrected chi connectivity index (χ4v) is 20.1. The van der Waals surface area contributed by atoms with Crippen LogP contribution >= 0.6 is 22.6 Å². The average Bonchev–Trinajstić information content (AvgIpc) is 1.22. The van der Waals surface area contributed by atoms with Gasteiger partial charge in [0.05, 0.1) is 20.1 Å². The van der Waals surface area contributed by atoms with Crippen molar-refractivity contribution in [1.29, 1.82) is 0 Å². The number of benzene rings is 4. The Balaban J connectivity index is 0.821. The highest BCUT2D eigenvalue weighted by Crippen LogP contribution is 2.73. The Hall–Kier alpha value is -4.95. The van der Waals surface area contributed by atoms with Gasteiger partial charge in [-0.25, -0.2) is 13.6 Å². The fourth-order valence-electron chi connectivity index (χ4n) is 17.0. The van der Waals surface area contributed by atoms with Crippen LogP contribution in [0.5, 0.6) is 5.75 Å². The normalized spacial score (nSPS) is 27.9. The first kappa shape index (κ1) is 73.3. The number of unbranched alkanes of at least 4 members (excludes halogenated alkanes) is 2. The van der Waals surface area contributed by atoms with E-state index in [1.807, 2.05) is 98.0 Å². The summed E-state index contributed by atoms with van der Waals surface area (Å²) < 4.78 is 72.6. The zero-order chi connectivity index (χ0) is 67.8. The molecular weight excluding hydrogens is 1320 g/mol. The Morgan fingerprint density at radius 1 is 0.723 bits per heavy atom. The van der Waals surface area contributed by atoms with E-state index in [-0.39, 0.29) is 81.4 Å². The monoisotopic (exact) mass is 1430 g/mol. The maximum Gasteiger partial charge on any atom is 0.407 e. The van der Waals surface area contributed by atoms with Gasteiger partial charge in [-0.3, -0.25) is 14.4 Å². The fraction of sp³-hybridized carbons (Fsp3) is 0.636. The minimum atomic E-state index is -2.84. The standard InChI is InChI=1S/C77H108F2IN3O10Si/c1-50(2)23-22-24-51(3)60-36-37-61-62-35-32-56-46-58(40-41-75(56,8)76(62,80)43-42-74(60,61)7)90-72(87)82-44-21-15-20-29-67(85)83-48-52-45-59(64(79)47-63(52)78)69-71(93-94(11,12)73(4,5)6)70(92-68(86)39-38-66(84)81-9)65(91-69)49-89-77(53-25-16-13-17-26-53,54-27-18-14-19-28-54)55-30-33-57(88-10)34-31-55/h13-14,16-19,25-28,30-31,33-34,45,47,50-51,56,58,60-62,65,69-71H,15,20-24,29,32,35-44,46,48-49H2,1-12H3,(H,81,84)(H,82,87)(H,83,85)/t51-,56?,58+,60-,61+,62?,65-,69+,70?,71?,74-,75+,76-/m1/s1. The van der Waals surface area contributed by atoms with Crippen LogP contribution in [0.3, 0.4) is 0 Å². The zero-order valence-electron chi connectivity index (χ0n) is 58.2. The van der Waals surface area contributed by atoms with Crippen LogP contribution in [0.1, 0.15) is 205 Å². The van der Waals surface area contributed by atoms with Gasteiger partial charge in [-0.1, -0.05) is 176 Å². The summed E-state index contributed by atoms with van der Waals surface area (Å²) in [7, 11) is 0.245. The molecule has 0 spiro atoms. The van der Waals surface area contributed by atoms with E-state index < -0.39 is 55.9 Å². The van der Waals surface area contributed by atoms with Gasteiger partial charge in [0.2, 0.25) is 11.8 Å². The van der Waals surface area contributed by atoms with Crippen molar-refractivity contribution in [2.24, 2.45) is 46.3 Å². The van der Waals surface area contributed by atoms with Crippen molar-refractivity contribution in [2.75, 3.05) is 27.3 Å². The van der Waals surface area contributed by atoms with Gasteiger partial charge in [-0.05, 0) is 170 Å². The van der Waals surface area contributed by atoms with Crippen molar-refractivity contribution in [1.82, 2.24) is 16.0 Å². The number of ether oxygens (including phenoxy) is 5. The summed E-state index contributed by atoms with van der Waals surface area (Å²) in [4.78, 5) is 53.1. The van der Waals surface area contributed by atoms with Gasteiger partial charge in [0.15, 0.2) is 14.4 Å². The Morgan fingerprint density at radius 2 is 1.39 bits per heavy atom. The highest BCUT2D eigenvalue weighted by atomic mass is 127. The lowest BCUT2D eigenvalue weighted by Crippen LogP contribution is -2.62. The molecule has 9 rings (SSSR count). The van der Waals surface area contributed by atoms with Crippen molar-refractivity contribution in [2.45, 2.75) is 235 Å². The molecular formula is C77H108F2IN3O10Si. The molecule has 4 unspecified atom stereocenters. The van der Waals surface area contributed by atoms with E-state index in [2.05, 4.69) is 93.9 Å². The number of methoxy groups -OCH3 is 1. The third kappa shape index (κ3) is 16.1. The summed E-state index contributed by atoms with van der Waals surface area (Å²) in [6.45, 7) is 22.7. The Labute approximate surface area is 574 Å². The molecule has 0 aromatic heterocycles. The summed E-state index contributed by atoms with van der Waals surface area (Å²) >= 11 is 2.96. The van der Waals surface area contributed by atoms with Crippen molar-refractivity contribution in [3.8, 4) is 5.75 Å². The van der Waals surface area contributed by atoms with Crippen LogP contribution < -0.4 is 20.7 Å². The van der Waals surface area contributed by atoms with Crippen LogP contribution in [-0.2, 0) is 49.9 Å². The first-order chi connectivity index (χ1) is 44.7. The van der Waals surface area contributed by atoms with Gasteiger partial charge in [0.1, 0.15) is 47.4 Å². The Morgan fingerprint density at radius 3 is 2.04 bits per heavy atom. The van der Waals surface area contributed by atoms with E-state index in [4.69, 9.17) is 28.1 Å². The molecule has 5 fully saturated rings. The molecule has 13 atom stereocenters. The highest BCUT2D eigenvalue weighted by molar-refractivity contribution is 14.1. The summed E-state index contributed by atoms with van der Waals surface area (Å²) in [5.41, 5.74) is 1.69. The smallest absolute Gasteiger partial charge is 0.407 e. The van der Waals surface area contributed by atoms with Crippen molar-refractivity contribution >= 4 is 54.8 Å². The number of esters is 1. The van der Waals surface area contributed by atoms with Crippen molar-refractivity contribution in [3.63, 3.8) is 0 Å². The zero-order valence-corrected chi connectivity index (χ0v) is 61.3. The first-order valence-corrected chi connectivity index (χ1v) is 39.2. The van der Waals surface area contributed by atoms with Gasteiger partial charge < -0.3 is 44.1 Å². The lowest BCUT2D eigenvalue weighted by molar-refractivity contribution is -0.159. The number of carbonyl (C=O) groups is 4. The minimum absolute atomic E-state index is 0.0216. The van der Waals surface area contributed by atoms with E-state index in [9.17, 15) is 19.2 Å². The van der Waals surface area contributed by atoms with Crippen LogP contribution in [0, 0.1) is 58.0 Å². The molecule has 4 aromatic carbocycles. The van der Waals surface area contributed by atoms with Gasteiger partial charge in [0, 0.05) is 53.6 Å².